The zero-order valence-electron chi connectivity index (χ0n) is 9.57. The summed E-state index contributed by atoms with van der Waals surface area (Å²) in [5, 5.41) is 0. The molecular formula is C11H9Br2F5O. The molecule has 0 heterocycles. The molecule has 1 atom stereocenters. The molecule has 0 aliphatic heterocycles. The first-order valence-electron chi connectivity index (χ1n) is 5.12. The second-order valence-corrected chi connectivity index (χ2v) is 5.38. The van der Waals surface area contributed by atoms with Crippen LogP contribution in [0, 0.1) is 0 Å². The molecule has 0 N–H and O–H groups in total. The van der Waals surface area contributed by atoms with Crippen LogP contribution in [0.15, 0.2) is 22.7 Å². The first-order chi connectivity index (χ1) is 8.61. The van der Waals surface area contributed by atoms with Crippen molar-refractivity contribution < 1.29 is 26.7 Å². The fourth-order valence-corrected chi connectivity index (χ4v) is 2.36. The Morgan fingerprint density at radius 3 is 2.21 bits per heavy atom. The summed E-state index contributed by atoms with van der Waals surface area (Å²) in [5.74, 6) is -4.49. The molecule has 8 heteroatoms. The lowest BCUT2D eigenvalue weighted by molar-refractivity contribution is -0.281. The van der Waals surface area contributed by atoms with E-state index in [0.717, 1.165) is 6.07 Å². The molecule has 1 aromatic rings. The average Bonchev–Trinajstić information content (AvgIpc) is 2.29. The van der Waals surface area contributed by atoms with Crippen LogP contribution in [0.1, 0.15) is 17.3 Å². The molecule has 1 nitrogen and oxygen atoms in total. The van der Waals surface area contributed by atoms with E-state index in [9.17, 15) is 22.0 Å². The summed E-state index contributed by atoms with van der Waals surface area (Å²) in [4.78, 5) is -2.16. The van der Waals surface area contributed by atoms with E-state index in [2.05, 4.69) is 31.9 Å². The number of hydrogen-bond acceptors (Lipinski definition) is 1. The van der Waals surface area contributed by atoms with Crippen LogP contribution in [0.25, 0.3) is 0 Å². The molecule has 0 bridgehead atoms. The van der Waals surface area contributed by atoms with Gasteiger partial charge in [-0.1, -0.05) is 22.0 Å². The van der Waals surface area contributed by atoms with Crippen LogP contribution in [-0.4, -0.2) is 18.7 Å². The fraction of sp³-hybridized carbons (Fsp3) is 0.455. The Bertz CT molecular complexity index is 447. The number of hydrogen-bond donors (Lipinski definition) is 0. The largest absolute Gasteiger partial charge is 0.493 e. The van der Waals surface area contributed by atoms with Crippen LogP contribution >= 0.6 is 31.9 Å². The van der Waals surface area contributed by atoms with Gasteiger partial charge in [0.15, 0.2) is 0 Å². The van der Waals surface area contributed by atoms with Gasteiger partial charge in [0.1, 0.15) is 10.6 Å². The van der Waals surface area contributed by atoms with Crippen LogP contribution in [-0.2, 0) is 0 Å². The van der Waals surface area contributed by atoms with Gasteiger partial charge in [0, 0.05) is 0 Å². The van der Waals surface area contributed by atoms with E-state index < -0.39 is 16.9 Å². The van der Waals surface area contributed by atoms with E-state index in [-0.39, 0.29) is 5.56 Å². The van der Waals surface area contributed by atoms with Crippen molar-refractivity contribution in [3.8, 4) is 5.75 Å². The van der Waals surface area contributed by atoms with E-state index in [0.29, 0.717) is 16.8 Å². The van der Waals surface area contributed by atoms with E-state index in [4.69, 9.17) is 4.74 Å². The highest BCUT2D eigenvalue weighted by molar-refractivity contribution is 9.10. The second kappa shape index (κ2) is 5.95. The maximum absolute atomic E-state index is 13.2. The Hall–Kier alpha value is -0.370. The van der Waals surface area contributed by atoms with Crippen LogP contribution in [0.3, 0.4) is 0 Å². The molecule has 0 aromatic heterocycles. The van der Waals surface area contributed by atoms with E-state index in [1.165, 1.54) is 12.1 Å². The third kappa shape index (κ3) is 3.59. The molecule has 0 aliphatic carbocycles. The zero-order valence-corrected chi connectivity index (χ0v) is 12.7. The van der Waals surface area contributed by atoms with Gasteiger partial charge in [0.05, 0.1) is 11.1 Å². The van der Waals surface area contributed by atoms with Gasteiger partial charge in [0.25, 0.3) is 0 Å². The molecule has 0 saturated carbocycles. The summed E-state index contributed by atoms with van der Waals surface area (Å²) in [6.45, 7) is 2.08. The smallest absolute Gasteiger partial charge is 0.454 e. The van der Waals surface area contributed by atoms with Gasteiger partial charge >= 0.3 is 12.1 Å². The lowest BCUT2D eigenvalue weighted by Gasteiger charge is -2.25. The van der Waals surface area contributed by atoms with Gasteiger partial charge in [-0.05, 0) is 40.5 Å². The normalized spacial score (nSPS) is 14.3. The lowest BCUT2D eigenvalue weighted by atomic mass is 10.1. The molecule has 1 rings (SSSR count). The molecule has 0 saturated heterocycles. The second-order valence-electron chi connectivity index (χ2n) is 3.61. The predicted molar refractivity (Wildman–Crippen MR) is 68.0 cm³/mol. The third-order valence-electron chi connectivity index (χ3n) is 2.24. The van der Waals surface area contributed by atoms with Crippen molar-refractivity contribution >= 4 is 31.9 Å². The summed E-state index contributed by atoms with van der Waals surface area (Å²) >= 11 is 5.47. The summed E-state index contributed by atoms with van der Waals surface area (Å²) in [7, 11) is 0. The quantitative estimate of drug-likeness (QED) is 0.470. The number of rotatable bonds is 4. The molecule has 0 radical (unpaired) electrons. The van der Waals surface area contributed by atoms with Gasteiger partial charge in [-0.3, -0.25) is 0 Å². The molecule has 0 aliphatic rings. The molecular weight excluding hydrogens is 403 g/mol. The summed E-state index contributed by atoms with van der Waals surface area (Å²) in [5.41, 5.74) is -0.197. The lowest BCUT2D eigenvalue weighted by Crippen LogP contribution is -2.39. The highest BCUT2D eigenvalue weighted by Gasteiger charge is 2.62. The Labute approximate surface area is 123 Å². The Balaban J connectivity index is 3.07. The Kier molecular flexibility index (Phi) is 5.22. The van der Waals surface area contributed by atoms with Crippen molar-refractivity contribution in [2.75, 3.05) is 6.61 Å². The number of ether oxygens (including phenoxy) is 1. The fourth-order valence-electron chi connectivity index (χ4n) is 1.30. The van der Waals surface area contributed by atoms with Crippen LogP contribution in [0.4, 0.5) is 22.0 Å². The highest BCUT2D eigenvalue weighted by atomic mass is 79.9. The van der Waals surface area contributed by atoms with Crippen molar-refractivity contribution in [3.63, 3.8) is 0 Å². The maximum atomic E-state index is 13.2. The standard InChI is InChI=1S/C11H9Br2F5O/c1-2-19-8-4-3-6(5-7(8)12)9(13)10(14,15)11(16,17)18/h3-5,9H,2H2,1H3. The summed E-state index contributed by atoms with van der Waals surface area (Å²) < 4.78 is 68.6. The van der Waals surface area contributed by atoms with Crippen LogP contribution in [0.5, 0.6) is 5.75 Å². The van der Waals surface area contributed by atoms with Gasteiger partial charge in [-0.25, -0.2) is 0 Å². The average molecular weight is 412 g/mol. The first-order valence-corrected chi connectivity index (χ1v) is 6.83. The Morgan fingerprint density at radius 1 is 1.21 bits per heavy atom. The van der Waals surface area contributed by atoms with E-state index in [1.54, 1.807) is 6.92 Å². The van der Waals surface area contributed by atoms with E-state index in [1.807, 2.05) is 0 Å². The van der Waals surface area contributed by atoms with Crippen LogP contribution < -0.4 is 4.74 Å². The predicted octanol–water partition coefficient (Wildman–Crippen LogP) is 5.48. The van der Waals surface area contributed by atoms with Gasteiger partial charge in [-0.2, -0.15) is 22.0 Å². The Morgan fingerprint density at radius 2 is 1.79 bits per heavy atom. The van der Waals surface area contributed by atoms with Gasteiger partial charge < -0.3 is 4.74 Å². The summed E-state index contributed by atoms with van der Waals surface area (Å²) in [6, 6.07) is 3.67. The maximum Gasteiger partial charge on any atom is 0.454 e. The number of benzene rings is 1. The molecule has 1 unspecified atom stereocenters. The van der Waals surface area contributed by atoms with Crippen molar-refractivity contribution in [1.82, 2.24) is 0 Å². The first kappa shape index (κ1) is 16.7. The summed E-state index contributed by atoms with van der Waals surface area (Å²) in [6.07, 6.45) is -5.62. The third-order valence-corrected chi connectivity index (χ3v) is 3.97. The molecule has 1 aromatic carbocycles. The topological polar surface area (TPSA) is 9.23 Å². The van der Waals surface area contributed by atoms with Gasteiger partial charge in [0.2, 0.25) is 0 Å². The van der Waals surface area contributed by atoms with Crippen molar-refractivity contribution in [2.45, 2.75) is 23.8 Å². The van der Waals surface area contributed by atoms with Crippen molar-refractivity contribution in [1.29, 1.82) is 0 Å². The number of alkyl halides is 6. The highest BCUT2D eigenvalue weighted by Crippen LogP contribution is 2.49. The number of halogens is 7. The van der Waals surface area contributed by atoms with Crippen molar-refractivity contribution in [3.05, 3.63) is 28.2 Å². The molecule has 19 heavy (non-hydrogen) atoms. The monoisotopic (exact) mass is 410 g/mol. The molecule has 0 amide bonds. The van der Waals surface area contributed by atoms with Crippen LogP contribution in [0.2, 0.25) is 0 Å². The minimum absolute atomic E-state index is 0.197. The van der Waals surface area contributed by atoms with E-state index >= 15 is 0 Å². The minimum Gasteiger partial charge on any atom is -0.493 e. The molecule has 0 fully saturated rings. The SMILES string of the molecule is CCOc1ccc(C(Br)C(F)(F)C(F)(F)F)cc1Br. The van der Waals surface area contributed by atoms with Gasteiger partial charge in [-0.15, -0.1) is 0 Å². The molecule has 0 spiro atoms. The molecule has 108 valence electrons. The zero-order chi connectivity index (χ0) is 14.8. The van der Waals surface area contributed by atoms with Crippen molar-refractivity contribution in [2.24, 2.45) is 0 Å². The minimum atomic E-state index is -5.62.